The molecule has 0 aliphatic heterocycles. The van der Waals surface area contributed by atoms with Crippen LogP contribution in [0.3, 0.4) is 0 Å². The predicted octanol–water partition coefficient (Wildman–Crippen LogP) is 3.38. The molecule has 1 aliphatic carbocycles. The number of halogens is 2. The van der Waals surface area contributed by atoms with E-state index in [1.54, 1.807) is 10.6 Å². The average molecular weight is 448 g/mol. The minimum Gasteiger partial charge on any atom is -0.478 e. The molecule has 1 aromatic carbocycles. The zero-order valence-corrected chi connectivity index (χ0v) is 17.6. The van der Waals surface area contributed by atoms with Gasteiger partial charge < -0.3 is 19.9 Å². The summed E-state index contributed by atoms with van der Waals surface area (Å²) in [6.07, 6.45) is 3.62. The second-order valence-electron chi connectivity index (χ2n) is 7.06. The van der Waals surface area contributed by atoms with Crippen LogP contribution in [-0.4, -0.2) is 34.1 Å². The molecule has 1 saturated carbocycles. The number of carbonyl (C=O) groups is 1. The maximum atomic E-state index is 12.9. The van der Waals surface area contributed by atoms with Crippen molar-refractivity contribution in [3.8, 4) is 5.75 Å². The molecule has 1 amide bonds. The molecule has 0 atom stereocenters. The molecule has 30 heavy (non-hydrogen) atoms. The molecule has 2 heterocycles. The van der Waals surface area contributed by atoms with Crippen molar-refractivity contribution in [2.75, 3.05) is 19.0 Å². The van der Waals surface area contributed by atoms with Gasteiger partial charge in [-0.3, -0.25) is 9.59 Å². The molecule has 8 nitrogen and oxygen atoms in total. The lowest BCUT2D eigenvalue weighted by Crippen LogP contribution is -2.28. The van der Waals surface area contributed by atoms with Crippen LogP contribution in [0.25, 0.3) is 10.9 Å². The highest BCUT2D eigenvalue weighted by Gasteiger charge is 2.24. The van der Waals surface area contributed by atoms with Crippen LogP contribution in [0.2, 0.25) is 10.3 Å². The highest BCUT2D eigenvalue weighted by molar-refractivity contribution is 6.33. The Morgan fingerprint density at radius 2 is 2.10 bits per heavy atom. The summed E-state index contributed by atoms with van der Waals surface area (Å²) >= 11 is 12.0. The van der Waals surface area contributed by atoms with Gasteiger partial charge >= 0.3 is 0 Å². The van der Waals surface area contributed by atoms with Gasteiger partial charge in [0.2, 0.25) is 5.28 Å². The summed E-state index contributed by atoms with van der Waals surface area (Å²) in [6.45, 7) is 0.389. The van der Waals surface area contributed by atoms with Crippen LogP contribution in [0.15, 0.2) is 35.3 Å². The van der Waals surface area contributed by atoms with Crippen molar-refractivity contribution in [2.45, 2.75) is 19.4 Å². The number of amides is 1. The van der Waals surface area contributed by atoms with Gasteiger partial charge in [0, 0.05) is 24.7 Å². The van der Waals surface area contributed by atoms with Crippen LogP contribution < -0.4 is 20.9 Å². The van der Waals surface area contributed by atoms with Crippen molar-refractivity contribution < 1.29 is 9.53 Å². The summed E-state index contributed by atoms with van der Waals surface area (Å²) in [6, 6.07) is 7.20. The number of aromatic nitrogens is 3. The van der Waals surface area contributed by atoms with E-state index in [1.165, 1.54) is 13.2 Å². The molecule has 2 N–H and O–H groups in total. The minimum absolute atomic E-state index is 0.0749. The highest BCUT2D eigenvalue weighted by Crippen LogP contribution is 2.32. The molecule has 0 spiro atoms. The molecule has 0 bridgehead atoms. The second-order valence-corrected chi connectivity index (χ2v) is 7.81. The Hall–Kier alpha value is -2.84. The summed E-state index contributed by atoms with van der Waals surface area (Å²) in [7, 11) is 1.51. The third-order valence-corrected chi connectivity index (χ3v) is 5.27. The number of ether oxygens (including phenoxy) is 1. The van der Waals surface area contributed by atoms with Crippen molar-refractivity contribution in [2.24, 2.45) is 5.92 Å². The van der Waals surface area contributed by atoms with Gasteiger partial charge in [-0.05, 0) is 54.6 Å². The molecular formula is C20H19Cl2N5O3. The number of fused-ring (bicyclic) bond motifs is 1. The standard InChI is InChI=1S/C20H19Cl2N5O3/c1-23-17(28)10-30-16-7-12-6-13(25-18-14(21)8-24-20(22)26-18)4-5-15(12)27(19(16)29)9-11-2-3-11/h4-8,11H,2-3,9-10H2,1H3,(H,23,28)(H,24,25,26). The van der Waals surface area contributed by atoms with E-state index in [1.807, 2.05) is 18.2 Å². The second kappa shape index (κ2) is 8.49. The first-order valence-corrected chi connectivity index (χ1v) is 10.2. The Morgan fingerprint density at radius 1 is 1.30 bits per heavy atom. The first-order valence-electron chi connectivity index (χ1n) is 9.40. The van der Waals surface area contributed by atoms with Gasteiger partial charge in [0.25, 0.3) is 11.5 Å². The van der Waals surface area contributed by atoms with Crippen LogP contribution in [0.5, 0.6) is 5.75 Å². The van der Waals surface area contributed by atoms with Crippen molar-refractivity contribution in [3.05, 3.63) is 51.1 Å². The Balaban J connectivity index is 1.73. The number of hydrogen-bond donors (Lipinski definition) is 2. The van der Waals surface area contributed by atoms with E-state index < -0.39 is 0 Å². The number of hydrogen-bond acceptors (Lipinski definition) is 6. The van der Waals surface area contributed by atoms with Gasteiger partial charge in [0.1, 0.15) is 5.02 Å². The number of carbonyl (C=O) groups excluding carboxylic acids is 1. The Morgan fingerprint density at radius 3 is 2.83 bits per heavy atom. The van der Waals surface area contributed by atoms with E-state index in [0.717, 1.165) is 23.7 Å². The maximum Gasteiger partial charge on any atom is 0.293 e. The minimum atomic E-state index is -0.311. The number of nitrogens with one attached hydrogen (secondary N) is 2. The van der Waals surface area contributed by atoms with Crippen LogP contribution in [0, 0.1) is 5.92 Å². The van der Waals surface area contributed by atoms with Crippen molar-refractivity contribution in [1.29, 1.82) is 0 Å². The molecule has 0 saturated heterocycles. The van der Waals surface area contributed by atoms with Crippen molar-refractivity contribution >= 4 is 51.5 Å². The maximum absolute atomic E-state index is 12.9. The molecule has 0 unspecified atom stereocenters. The van der Waals surface area contributed by atoms with Crippen LogP contribution >= 0.6 is 23.2 Å². The SMILES string of the molecule is CNC(=O)COc1cc2cc(Nc3nc(Cl)ncc3Cl)ccc2n(CC2CC2)c1=O. The van der Waals surface area contributed by atoms with Gasteiger partial charge in [-0.25, -0.2) is 4.98 Å². The molecule has 1 fully saturated rings. The number of benzene rings is 1. The van der Waals surface area contributed by atoms with E-state index in [4.69, 9.17) is 27.9 Å². The Kier molecular flexibility index (Phi) is 5.78. The van der Waals surface area contributed by atoms with Gasteiger partial charge in [0.05, 0.1) is 11.7 Å². The molecule has 3 aromatic rings. The third kappa shape index (κ3) is 4.49. The monoisotopic (exact) mass is 447 g/mol. The zero-order valence-electron chi connectivity index (χ0n) is 16.1. The van der Waals surface area contributed by atoms with Gasteiger partial charge in [-0.2, -0.15) is 4.98 Å². The number of rotatable bonds is 7. The van der Waals surface area contributed by atoms with E-state index in [9.17, 15) is 9.59 Å². The fraction of sp³-hybridized carbons (Fsp3) is 0.300. The normalized spacial score (nSPS) is 13.3. The van der Waals surface area contributed by atoms with Crippen LogP contribution in [-0.2, 0) is 11.3 Å². The average Bonchev–Trinajstić information content (AvgIpc) is 3.55. The molecule has 4 rings (SSSR count). The highest BCUT2D eigenvalue weighted by atomic mass is 35.5. The van der Waals surface area contributed by atoms with E-state index in [-0.39, 0.29) is 29.1 Å². The lowest BCUT2D eigenvalue weighted by atomic mass is 10.1. The Labute approximate surface area is 182 Å². The number of nitrogens with zero attached hydrogens (tertiary/aromatic N) is 3. The first kappa shape index (κ1) is 20.4. The summed E-state index contributed by atoms with van der Waals surface area (Å²) in [5, 5.41) is 6.77. The molecule has 0 radical (unpaired) electrons. The number of anilines is 2. The number of pyridine rings is 1. The van der Waals surface area contributed by atoms with Crippen LogP contribution in [0.4, 0.5) is 11.5 Å². The Bertz CT molecular complexity index is 1180. The molecule has 156 valence electrons. The lowest BCUT2D eigenvalue weighted by molar-refractivity contribution is -0.122. The molecular weight excluding hydrogens is 429 g/mol. The third-order valence-electron chi connectivity index (χ3n) is 4.81. The van der Waals surface area contributed by atoms with E-state index in [2.05, 4.69) is 20.6 Å². The number of likely N-dealkylation sites (N-methyl/N-ethyl adjacent to an activating group) is 1. The van der Waals surface area contributed by atoms with E-state index in [0.29, 0.717) is 29.0 Å². The first-order chi connectivity index (χ1) is 14.4. The van der Waals surface area contributed by atoms with Crippen molar-refractivity contribution in [3.63, 3.8) is 0 Å². The predicted molar refractivity (Wildman–Crippen MR) is 116 cm³/mol. The summed E-state index contributed by atoms with van der Waals surface area (Å²) in [5.41, 5.74) is 1.24. The van der Waals surface area contributed by atoms with Crippen molar-refractivity contribution in [1.82, 2.24) is 19.9 Å². The molecule has 1 aliphatic rings. The quantitative estimate of drug-likeness (QED) is 0.538. The zero-order chi connectivity index (χ0) is 21.3. The largest absolute Gasteiger partial charge is 0.478 e. The summed E-state index contributed by atoms with van der Waals surface area (Å²) < 4.78 is 7.22. The summed E-state index contributed by atoms with van der Waals surface area (Å²) in [4.78, 5) is 32.4. The summed E-state index contributed by atoms with van der Waals surface area (Å²) in [5.74, 6) is 0.680. The van der Waals surface area contributed by atoms with Gasteiger partial charge in [-0.15, -0.1) is 0 Å². The van der Waals surface area contributed by atoms with E-state index >= 15 is 0 Å². The van der Waals surface area contributed by atoms with Gasteiger partial charge in [-0.1, -0.05) is 11.6 Å². The molecule has 2 aromatic heterocycles. The van der Waals surface area contributed by atoms with Crippen LogP contribution in [0.1, 0.15) is 12.8 Å². The topological polar surface area (TPSA) is 98.1 Å². The molecule has 10 heteroatoms. The fourth-order valence-corrected chi connectivity index (χ4v) is 3.34. The van der Waals surface area contributed by atoms with Gasteiger partial charge in [0.15, 0.2) is 18.2 Å². The fourth-order valence-electron chi connectivity index (χ4n) is 3.07. The lowest BCUT2D eigenvalue weighted by Gasteiger charge is -2.15. The smallest absolute Gasteiger partial charge is 0.293 e.